The first-order valence-corrected chi connectivity index (χ1v) is 18.2. The average Bonchev–Trinajstić information content (AvgIpc) is 3.79. The summed E-state index contributed by atoms with van der Waals surface area (Å²) in [6, 6.07) is 32.3. The van der Waals surface area contributed by atoms with Crippen LogP contribution < -0.4 is 16.0 Å². The lowest BCUT2D eigenvalue weighted by atomic mass is 10.1. The van der Waals surface area contributed by atoms with E-state index in [0.717, 1.165) is 21.6 Å². The molecule has 3 amide bonds. The smallest absolute Gasteiger partial charge is 0.272 e. The predicted octanol–water partition coefficient (Wildman–Crippen LogP) is 10.2. The standard InChI is InChI=1S/C39H30Cl2N4O4S2/c1-23-8-10-25(11-9-23)35-19-15-29(49-35)21-33(43-37(47)26-6-4-3-5-7-26)38(48)42-28-13-16-30(17-14-28)51-24(2)36(46)45-39-44-34(22-50-39)31-18-12-27(40)20-32(31)41/h3-22,24H,1-2H3,(H,42,48)(H,43,47)(H,44,45,46)/b33-21-/t24-/m1/s1. The van der Waals surface area contributed by atoms with E-state index in [9.17, 15) is 14.4 Å². The summed E-state index contributed by atoms with van der Waals surface area (Å²) in [7, 11) is 0. The van der Waals surface area contributed by atoms with Crippen molar-refractivity contribution >= 4 is 80.9 Å². The Morgan fingerprint density at radius 3 is 2.35 bits per heavy atom. The number of aromatic nitrogens is 1. The van der Waals surface area contributed by atoms with E-state index in [1.807, 2.05) is 42.6 Å². The van der Waals surface area contributed by atoms with E-state index in [4.69, 9.17) is 27.6 Å². The fourth-order valence-electron chi connectivity index (χ4n) is 4.82. The van der Waals surface area contributed by atoms with Crippen molar-refractivity contribution in [2.75, 3.05) is 10.6 Å². The number of benzene rings is 4. The second kappa shape index (κ2) is 16.3. The third kappa shape index (κ3) is 9.36. The molecule has 2 aromatic heterocycles. The molecule has 0 aliphatic heterocycles. The first-order valence-electron chi connectivity index (χ1n) is 15.7. The Labute approximate surface area is 312 Å². The minimum atomic E-state index is -0.538. The van der Waals surface area contributed by atoms with Gasteiger partial charge in [0, 0.05) is 43.8 Å². The van der Waals surface area contributed by atoms with Gasteiger partial charge in [-0.05, 0) is 80.6 Å². The van der Waals surface area contributed by atoms with Gasteiger partial charge in [-0.25, -0.2) is 4.98 Å². The first-order chi connectivity index (χ1) is 24.6. The Balaban J connectivity index is 1.11. The maximum absolute atomic E-state index is 13.5. The van der Waals surface area contributed by atoms with E-state index in [1.54, 1.807) is 85.8 Å². The normalized spacial score (nSPS) is 11.9. The highest BCUT2D eigenvalue weighted by Crippen LogP contribution is 2.33. The molecule has 256 valence electrons. The largest absolute Gasteiger partial charge is 0.457 e. The summed E-state index contributed by atoms with van der Waals surface area (Å²) in [5.41, 5.74) is 4.28. The monoisotopic (exact) mass is 752 g/mol. The van der Waals surface area contributed by atoms with Crippen LogP contribution in [0.5, 0.6) is 0 Å². The van der Waals surface area contributed by atoms with Gasteiger partial charge in [-0.1, -0.05) is 71.2 Å². The molecule has 1 atom stereocenters. The Kier molecular flexibility index (Phi) is 11.4. The molecule has 4 aromatic carbocycles. The molecule has 6 rings (SSSR count). The van der Waals surface area contributed by atoms with Gasteiger partial charge in [-0.2, -0.15) is 0 Å². The molecule has 3 N–H and O–H groups in total. The van der Waals surface area contributed by atoms with Crippen molar-refractivity contribution in [2.45, 2.75) is 24.0 Å². The highest BCUT2D eigenvalue weighted by atomic mass is 35.5. The number of nitrogens with one attached hydrogen (secondary N) is 3. The highest BCUT2D eigenvalue weighted by molar-refractivity contribution is 8.00. The van der Waals surface area contributed by atoms with Crippen LogP contribution in [0.4, 0.5) is 10.8 Å². The molecule has 2 heterocycles. The van der Waals surface area contributed by atoms with Gasteiger partial charge in [-0.15, -0.1) is 23.1 Å². The molecule has 0 bridgehead atoms. The van der Waals surface area contributed by atoms with Gasteiger partial charge in [-0.3, -0.25) is 14.4 Å². The molecule has 0 saturated heterocycles. The zero-order valence-electron chi connectivity index (χ0n) is 27.3. The predicted molar refractivity (Wildman–Crippen MR) is 207 cm³/mol. The molecule has 51 heavy (non-hydrogen) atoms. The zero-order chi connectivity index (χ0) is 35.9. The summed E-state index contributed by atoms with van der Waals surface area (Å²) >= 11 is 15.0. The van der Waals surface area contributed by atoms with E-state index in [0.29, 0.717) is 43.6 Å². The number of aryl methyl sites for hydroxylation is 1. The molecule has 8 nitrogen and oxygen atoms in total. The third-order valence-electron chi connectivity index (χ3n) is 7.51. The minimum absolute atomic E-state index is 0.00100. The lowest BCUT2D eigenvalue weighted by molar-refractivity contribution is -0.115. The van der Waals surface area contributed by atoms with Crippen LogP contribution in [-0.2, 0) is 9.59 Å². The lowest BCUT2D eigenvalue weighted by Gasteiger charge is -2.13. The van der Waals surface area contributed by atoms with E-state index in [1.165, 1.54) is 29.2 Å². The van der Waals surface area contributed by atoms with Crippen molar-refractivity contribution in [1.29, 1.82) is 0 Å². The number of halogens is 2. The number of thioether (sulfide) groups is 1. The summed E-state index contributed by atoms with van der Waals surface area (Å²) in [6.07, 6.45) is 1.49. The highest BCUT2D eigenvalue weighted by Gasteiger charge is 2.19. The number of amides is 3. The Morgan fingerprint density at radius 1 is 0.882 bits per heavy atom. The Hall–Kier alpha value is -5.13. The van der Waals surface area contributed by atoms with Crippen LogP contribution in [0.1, 0.15) is 28.6 Å². The molecule has 0 aliphatic carbocycles. The Bertz CT molecular complexity index is 2220. The van der Waals surface area contributed by atoms with Gasteiger partial charge in [0.1, 0.15) is 17.2 Å². The number of carbonyl (C=O) groups excluding carboxylic acids is 3. The number of anilines is 2. The molecule has 0 saturated carbocycles. The summed E-state index contributed by atoms with van der Waals surface area (Å²) in [5, 5.41) is 11.3. The third-order valence-corrected chi connectivity index (χ3v) is 9.93. The summed E-state index contributed by atoms with van der Waals surface area (Å²) in [4.78, 5) is 44.9. The first kappa shape index (κ1) is 35.7. The molecule has 0 unspecified atom stereocenters. The van der Waals surface area contributed by atoms with E-state index < -0.39 is 17.1 Å². The number of hydrogen-bond donors (Lipinski definition) is 3. The summed E-state index contributed by atoms with van der Waals surface area (Å²) < 4.78 is 6.01. The van der Waals surface area contributed by atoms with Crippen molar-refractivity contribution in [2.24, 2.45) is 0 Å². The van der Waals surface area contributed by atoms with Crippen LogP contribution in [0.3, 0.4) is 0 Å². The second-order valence-corrected chi connectivity index (χ2v) is 14.5. The molecular formula is C39H30Cl2N4O4S2. The van der Waals surface area contributed by atoms with Gasteiger partial charge >= 0.3 is 0 Å². The molecule has 0 fully saturated rings. The fourth-order valence-corrected chi connectivity index (χ4v) is 6.91. The van der Waals surface area contributed by atoms with Gasteiger partial charge in [0.2, 0.25) is 5.91 Å². The van der Waals surface area contributed by atoms with Crippen LogP contribution in [0.2, 0.25) is 10.0 Å². The maximum Gasteiger partial charge on any atom is 0.272 e. The van der Waals surface area contributed by atoms with Crippen LogP contribution in [0.25, 0.3) is 28.7 Å². The number of rotatable bonds is 11. The fraction of sp³-hybridized carbons (Fsp3) is 0.0769. The van der Waals surface area contributed by atoms with Crippen LogP contribution in [-0.4, -0.2) is 28.0 Å². The topological polar surface area (TPSA) is 113 Å². The maximum atomic E-state index is 13.5. The number of thiazole rings is 1. The number of furan rings is 1. The van der Waals surface area contributed by atoms with Gasteiger partial charge in [0.25, 0.3) is 11.8 Å². The molecule has 0 spiro atoms. The van der Waals surface area contributed by atoms with E-state index in [2.05, 4.69) is 20.9 Å². The molecular weight excluding hydrogens is 723 g/mol. The number of nitrogens with zero attached hydrogens (tertiary/aromatic N) is 1. The molecule has 0 radical (unpaired) electrons. The SMILES string of the molecule is Cc1ccc(-c2ccc(/C=C(\NC(=O)c3ccccc3)C(=O)Nc3ccc(S[C@H](C)C(=O)Nc4nc(-c5ccc(Cl)cc5Cl)cs4)cc3)o2)cc1. The van der Waals surface area contributed by atoms with Crippen molar-refractivity contribution < 1.29 is 18.8 Å². The van der Waals surface area contributed by atoms with Gasteiger partial charge in [0.05, 0.1) is 16.0 Å². The Morgan fingerprint density at radius 2 is 1.63 bits per heavy atom. The van der Waals surface area contributed by atoms with Crippen LogP contribution in [0.15, 0.2) is 130 Å². The minimum Gasteiger partial charge on any atom is -0.457 e. The molecule has 6 aromatic rings. The summed E-state index contributed by atoms with van der Waals surface area (Å²) in [6.45, 7) is 3.80. The quantitative estimate of drug-likeness (QED) is 0.0897. The van der Waals surface area contributed by atoms with Crippen molar-refractivity contribution in [3.8, 4) is 22.6 Å². The van der Waals surface area contributed by atoms with Crippen molar-refractivity contribution in [3.05, 3.63) is 147 Å². The van der Waals surface area contributed by atoms with Gasteiger partial charge in [0.15, 0.2) is 5.13 Å². The van der Waals surface area contributed by atoms with Crippen molar-refractivity contribution in [1.82, 2.24) is 10.3 Å². The second-order valence-electron chi connectivity index (χ2n) is 11.3. The van der Waals surface area contributed by atoms with E-state index >= 15 is 0 Å². The molecule has 0 aliphatic rings. The van der Waals surface area contributed by atoms with Crippen LogP contribution in [0, 0.1) is 6.92 Å². The number of carbonyl (C=O) groups is 3. The average molecular weight is 754 g/mol. The summed E-state index contributed by atoms with van der Waals surface area (Å²) in [5.74, 6) is -0.170. The van der Waals surface area contributed by atoms with E-state index in [-0.39, 0.29) is 11.6 Å². The van der Waals surface area contributed by atoms with Crippen LogP contribution >= 0.6 is 46.3 Å². The molecule has 12 heteroatoms. The van der Waals surface area contributed by atoms with Crippen molar-refractivity contribution in [3.63, 3.8) is 0 Å². The van der Waals surface area contributed by atoms with Gasteiger partial charge < -0.3 is 20.4 Å². The lowest BCUT2D eigenvalue weighted by Crippen LogP contribution is -2.30. The number of hydrogen-bond acceptors (Lipinski definition) is 7. The zero-order valence-corrected chi connectivity index (χ0v) is 30.4.